The first kappa shape index (κ1) is 16.4. The largest absolute Gasteiger partial charge is 0.465 e. The van der Waals surface area contributed by atoms with Gasteiger partial charge < -0.3 is 4.74 Å². The minimum Gasteiger partial charge on any atom is -0.465 e. The van der Waals surface area contributed by atoms with Gasteiger partial charge >= 0.3 is 5.97 Å². The molecule has 0 N–H and O–H groups in total. The van der Waals surface area contributed by atoms with Gasteiger partial charge in [-0.2, -0.15) is 0 Å². The minimum atomic E-state index is -0.599. The molecule has 0 radical (unpaired) electrons. The van der Waals surface area contributed by atoms with Crippen molar-refractivity contribution in [1.29, 1.82) is 0 Å². The topological polar surface area (TPSA) is 55.7 Å². The van der Waals surface area contributed by atoms with E-state index >= 15 is 0 Å². The molecule has 1 aromatic carbocycles. The van der Waals surface area contributed by atoms with Crippen LogP contribution in [0.4, 0.5) is 5.69 Å². The molecule has 5 heteroatoms. The van der Waals surface area contributed by atoms with Crippen molar-refractivity contribution in [1.82, 2.24) is 0 Å². The summed E-state index contributed by atoms with van der Waals surface area (Å²) in [7, 11) is 1.27. The first-order valence-electron chi connectivity index (χ1n) is 6.19. The van der Waals surface area contributed by atoms with Gasteiger partial charge in [-0.05, 0) is 24.3 Å². The molecule has 0 aliphatic rings. The number of Topliss-reactive ketones (excluding diaryl/α,β-unsaturated/α-hetero) is 1. The van der Waals surface area contributed by atoms with Crippen LogP contribution >= 0.6 is 11.6 Å². The lowest BCUT2D eigenvalue weighted by molar-refractivity contribution is -0.134. The molecular formula is C15H18ClNO3. The molecule has 0 fully saturated rings. The number of hydrogen-bond donors (Lipinski definition) is 0. The Bertz CT molecular complexity index is 527. The van der Waals surface area contributed by atoms with Gasteiger partial charge in [0.15, 0.2) is 0 Å². The van der Waals surface area contributed by atoms with Crippen LogP contribution in [0.1, 0.15) is 27.2 Å². The highest BCUT2D eigenvalue weighted by Crippen LogP contribution is 2.20. The predicted octanol–water partition coefficient (Wildman–Crippen LogP) is 3.59. The molecule has 0 aromatic heterocycles. The second-order valence-electron chi connectivity index (χ2n) is 5.38. The highest BCUT2D eigenvalue weighted by Gasteiger charge is 2.25. The number of halogens is 1. The van der Waals surface area contributed by atoms with Gasteiger partial charge in [-0.1, -0.05) is 32.4 Å². The smallest absolute Gasteiger partial charge is 0.352 e. The Hall–Kier alpha value is -1.68. The van der Waals surface area contributed by atoms with Crippen LogP contribution in [0.15, 0.2) is 29.3 Å². The van der Waals surface area contributed by atoms with Gasteiger partial charge in [0.05, 0.1) is 19.2 Å². The Morgan fingerprint density at radius 3 is 2.20 bits per heavy atom. The van der Waals surface area contributed by atoms with E-state index < -0.39 is 11.4 Å². The van der Waals surface area contributed by atoms with Gasteiger partial charge in [0.2, 0.25) is 0 Å². The molecule has 0 atom stereocenters. The summed E-state index contributed by atoms with van der Waals surface area (Å²) in [5.74, 6) is -0.673. The summed E-state index contributed by atoms with van der Waals surface area (Å²) in [4.78, 5) is 27.9. The summed E-state index contributed by atoms with van der Waals surface area (Å²) in [6.07, 6.45) is -0.0567. The van der Waals surface area contributed by atoms with Crippen LogP contribution in [0.2, 0.25) is 5.02 Å². The van der Waals surface area contributed by atoms with E-state index in [1.165, 1.54) is 7.11 Å². The zero-order chi connectivity index (χ0) is 15.3. The van der Waals surface area contributed by atoms with E-state index in [4.69, 9.17) is 11.6 Å². The summed E-state index contributed by atoms with van der Waals surface area (Å²) in [5.41, 5.74) is 0.112. The predicted molar refractivity (Wildman–Crippen MR) is 79.6 cm³/mol. The maximum atomic E-state index is 12.0. The van der Waals surface area contributed by atoms with E-state index in [2.05, 4.69) is 9.73 Å². The molecule has 0 bridgehead atoms. The Kier molecular flexibility index (Phi) is 5.45. The lowest BCUT2D eigenvalue weighted by Gasteiger charge is -2.16. The van der Waals surface area contributed by atoms with Crippen LogP contribution in [-0.2, 0) is 14.3 Å². The van der Waals surface area contributed by atoms with Crippen molar-refractivity contribution >= 4 is 34.8 Å². The van der Waals surface area contributed by atoms with Crippen molar-refractivity contribution in [2.75, 3.05) is 7.11 Å². The van der Waals surface area contributed by atoms with Crippen LogP contribution in [0.5, 0.6) is 0 Å². The third kappa shape index (κ3) is 4.78. The normalized spacial score (nSPS) is 12.2. The van der Waals surface area contributed by atoms with Gasteiger partial charge in [0.1, 0.15) is 11.5 Å². The Labute approximate surface area is 123 Å². The van der Waals surface area contributed by atoms with Crippen molar-refractivity contribution < 1.29 is 14.3 Å². The molecular weight excluding hydrogens is 278 g/mol. The lowest BCUT2D eigenvalue weighted by atomic mass is 9.88. The van der Waals surface area contributed by atoms with Gasteiger partial charge in [-0.3, -0.25) is 4.79 Å². The number of carbonyl (C=O) groups excluding carboxylic acids is 2. The van der Waals surface area contributed by atoms with Crippen molar-refractivity contribution in [3.05, 3.63) is 29.3 Å². The number of benzene rings is 1. The molecule has 0 spiro atoms. The number of ketones is 1. The standard InChI is InChI=1S/C15H18ClNO3/c1-15(2,3)13(18)9-12(14(19)20-4)17-11-7-5-10(16)6-8-11/h5-8H,9H2,1-4H3. The molecule has 20 heavy (non-hydrogen) atoms. The summed E-state index contributed by atoms with van der Waals surface area (Å²) >= 11 is 5.79. The molecule has 0 unspecified atom stereocenters. The molecule has 0 saturated heterocycles. The number of nitrogens with zero attached hydrogens (tertiary/aromatic N) is 1. The van der Waals surface area contributed by atoms with E-state index in [-0.39, 0.29) is 17.9 Å². The number of hydrogen-bond acceptors (Lipinski definition) is 4. The Morgan fingerprint density at radius 1 is 1.20 bits per heavy atom. The Balaban J connectivity index is 3.04. The third-order valence-electron chi connectivity index (χ3n) is 2.68. The first-order chi connectivity index (χ1) is 9.24. The fourth-order valence-corrected chi connectivity index (χ4v) is 1.49. The molecule has 0 amide bonds. The van der Waals surface area contributed by atoms with E-state index in [9.17, 15) is 9.59 Å². The number of aliphatic imine (C=N–C) groups is 1. The molecule has 1 aromatic rings. The van der Waals surface area contributed by atoms with E-state index in [1.54, 1.807) is 45.0 Å². The average Bonchev–Trinajstić information content (AvgIpc) is 2.38. The van der Waals surface area contributed by atoms with Crippen LogP contribution in [-0.4, -0.2) is 24.6 Å². The molecule has 0 aliphatic heterocycles. The monoisotopic (exact) mass is 295 g/mol. The maximum Gasteiger partial charge on any atom is 0.352 e. The van der Waals surface area contributed by atoms with Crippen LogP contribution in [0, 0.1) is 5.41 Å². The first-order valence-corrected chi connectivity index (χ1v) is 6.56. The number of methoxy groups -OCH3 is 1. The number of esters is 1. The van der Waals surface area contributed by atoms with Crippen molar-refractivity contribution in [3.8, 4) is 0 Å². The highest BCUT2D eigenvalue weighted by atomic mass is 35.5. The summed E-state index contributed by atoms with van der Waals surface area (Å²) in [5, 5.41) is 0.578. The summed E-state index contributed by atoms with van der Waals surface area (Å²) in [6, 6.07) is 6.68. The van der Waals surface area contributed by atoms with Crippen LogP contribution in [0.25, 0.3) is 0 Å². The molecule has 108 valence electrons. The summed E-state index contributed by atoms with van der Waals surface area (Å²) in [6.45, 7) is 5.39. The minimum absolute atomic E-state index is 0.0567. The van der Waals surface area contributed by atoms with Gasteiger partial charge in [0, 0.05) is 10.4 Å². The highest BCUT2D eigenvalue weighted by molar-refractivity contribution is 6.40. The van der Waals surface area contributed by atoms with Crippen molar-refractivity contribution in [2.45, 2.75) is 27.2 Å². The average molecular weight is 296 g/mol. The number of rotatable bonds is 4. The van der Waals surface area contributed by atoms with Crippen LogP contribution < -0.4 is 0 Å². The second kappa shape index (κ2) is 6.66. The van der Waals surface area contributed by atoms with Crippen molar-refractivity contribution in [2.24, 2.45) is 10.4 Å². The maximum absolute atomic E-state index is 12.0. The van der Waals surface area contributed by atoms with E-state index in [1.807, 2.05) is 0 Å². The van der Waals surface area contributed by atoms with Gasteiger partial charge in [0.25, 0.3) is 0 Å². The van der Waals surface area contributed by atoms with Crippen LogP contribution in [0.3, 0.4) is 0 Å². The molecule has 0 saturated carbocycles. The zero-order valence-corrected chi connectivity index (χ0v) is 12.8. The fraction of sp³-hybridized carbons (Fsp3) is 0.400. The SMILES string of the molecule is COC(=O)C(CC(=O)C(C)(C)C)=Nc1ccc(Cl)cc1. The Morgan fingerprint density at radius 2 is 1.75 bits per heavy atom. The molecule has 0 aliphatic carbocycles. The number of ether oxygens (including phenoxy) is 1. The number of carbonyl (C=O) groups is 2. The van der Waals surface area contributed by atoms with Crippen molar-refractivity contribution in [3.63, 3.8) is 0 Å². The molecule has 1 rings (SSSR count). The summed E-state index contributed by atoms with van der Waals surface area (Å²) < 4.78 is 4.67. The van der Waals surface area contributed by atoms with E-state index in [0.29, 0.717) is 10.7 Å². The molecule has 4 nitrogen and oxygen atoms in total. The quantitative estimate of drug-likeness (QED) is 0.630. The van der Waals surface area contributed by atoms with Gasteiger partial charge in [-0.15, -0.1) is 0 Å². The zero-order valence-electron chi connectivity index (χ0n) is 12.1. The lowest BCUT2D eigenvalue weighted by Crippen LogP contribution is -2.27. The van der Waals surface area contributed by atoms with E-state index in [0.717, 1.165) is 0 Å². The second-order valence-corrected chi connectivity index (χ2v) is 5.81. The fourth-order valence-electron chi connectivity index (χ4n) is 1.36. The molecule has 0 heterocycles. The third-order valence-corrected chi connectivity index (χ3v) is 2.93. The van der Waals surface area contributed by atoms with Gasteiger partial charge in [-0.25, -0.2) is 9.79 Å².